The van der Waals surface area contributed by atoms with Crippen LogP contribution in [0.5, 0.6) is 5.75 Å². The zero-order chi connectivity index (χ0) is 25.9. The summed E-state index contributed by atoms with van der Waals surface area (Å²) in [7, 11) is 0. The summed E-state index contributed by atoms with van der Waals surface area (Å²) < 4.78 is 11.3. The van der Waals surface area contributed by atoms with Crippen molar-refractivity contribution in [1.29, 1.82) is 0 Å². The monoisotopic (exact) mass is 500 g/mol. The van der Waals surface area contributed by atoms with Gasteiger partial charge in [-0.05, 0) is 68.1 Å². The Hall–Kier alpha value is -3.84. The Balaban J connectivity index is 1.44. The molecule has 0 spiro atoms. The van der Waals surface area contributed by atoms with E-state index >= 15 is 0 Å². The Kier molecular flexibility index (Phi) is 7.15. The van der Waals surface area contributed by atoms with E-state index in [-0.39, 0.29) is 17.4 Å². The van der Waals surface area contributed by atoms with Crippen LogP contribution in [-0.4, -0.2) is 52.3 Å². The van der Waals surface area contributed by atoms with Crippen LogP contribution in [0.3, 0.4) is 0 Å². The number of aliphatic hydroxyl groups is 1. The number of hydrogen-bond acceptors (Lipinski definition) is 6. The predicted octanol–water partition coefficient (Wildman–Crippen LogP) is 5.07. The molecule has 1 atom stereocenters. The van der Waals surface area contributed by atoms with Gasteiger partial charge in [-0.25, -0.2) is 0 Å². The normalized spacial score (nSPS) is 20.5. The third-order valence-corrected chi connectivity index (χ3v) is 7.24. The summed E-state index contributed by atoms with van der Waals surface area (Å²) in [5.41, 5.74) is 2.62. The summed E-state index contributed by atoms with van der Waals surface area (Å²) >= 11 is 0. The second-order valence-corrected chi connectivity index (χ2v) is 9.63. The van der Waals surface area contributed by atoms with Crippen molar-refractivity contribution in [3.05, 3.63) is 95.0 Å². The second-order valence-electron chi connectivity index (χ2n) is 9.63. The number of carbonyl (C=O) groups is 2. The molecule has 7 nitrogen and oxygen atoms in total. The van der Waals surface area contributed by atoms with Gasteiger partial charge in [-0.1, -0.05) is 30.3 Å². The molecule has 0 radical (unpaired) electrons. The number of likely N-dealkylation sites (tertiary alicyclic amines) is 2. The first-order valence-corrected chi connectivity index (χ1v) is 12.8. The van der Waals surface area contributed by atoms with Crippen LogP contribution in [0.25, 0.3) is 5.76 Å². The Bertz CT molecular complexity index is 1290. The van der Waals surface area contributed by atoms with E-state index in [1.54, 1.807) is 35.2 Å². The Labute approximate surface area is 216 Å². The summed E-state index contributed by atoms with van der Waals surface area (Å²) in [6.45, 7) is 6.79. The molecule has 1 aromatic heterocycles. The Morgan fingerprint density at radius 1 is 1.05 bits per heavy atom. The van der Waals surface area contributed by atoms with E-state index in [1.807, 2.05) is 32.0 Å². The van der Waals surface area contributed by atoms with Gasteiger partial charge >= 0.3 is 0 Å². The van der Waals surface area contributed by atoms with Crippen LogP contribution >= 0.6 is 0 Å². The number of nitrogens with zero attached hydrogens (tertiary/aromatic N) is 2. The number of ether oxygens (including phenoxy) is 1. The molecule has 37 heavy (non-hydrogen) atoms. The van der Waals surface area contributed by atoms with Gasteiger partial charge in [0.25, 0.3) is 11.7 Å². The van der Waals surface area contributed by atoms with Crippen molar-refractivity contribution in [1.82, 2.24) is 9.80 Å². The number of benzene rings is 2. The summed E-state index contributed by atoms with van der Waals surface area (Å²) in [5, 5.41) is 11.3. The quantitative estimate of drug-likeness (QED) is 0.277. The highest BCUT2D eigenvalue weighted by atomic mass is 16.5. The van der Waals surface area contributed by atoms with E-state index in [0.29, 0.717) is 23.7 Å². The molecule has 2 aliphatic rings. The molecule has 1 amide bonds. The van der Waals surface area contributed by atoms with Crippen molar-refractivity contribution in [2.75, 3.05) is 19.7 Å². The SMILES string of the molecule is CCOc1ccc(/C(O)=C2/C(=O)C(=O)N(C3CCN(Cc4ccccc4)CC3)C2c2ccco2)cc1C. The van der Waals surface area contributed by atoms with Crippen LogP contribution in [0.2, 0.25) is 0 Å². The van der Waals surface area contributed by atoms with Gasteiger partial charge in [0, 0.05) is 31.2 Å². The van der Waals surface area contributed by atoms with Gasteiger partial charge in [0.15, 0.2) is 0 Å². The molecule has 2 fully saturated rings. The molecule has 2 saturated heterocycles. The van der Waals surface area contributed by atoms with Gasteiger partial charge in [0.1, 0.15) is 23.3 Å². The van der Waals surface area contributed by atoms with Crippen LogP contribution < -0.4 is 4.74 Å². The van der Waals surface area contributed by atoms with Crippen LogP contribution in [0, 0.1) is 6.92 Å². The molecule has 2 aliphatic heterocycles. The van der Waals surface area contributed by atoms with Crippen molar-refractivity contribution >= 4 is 17.4 Å². The van der Waals surface area contributed by atoms with Crippen LogP contribution in [0.15, 0.2) is 76.9 Å². The van der Waals surface area contributed by atoms with Crippen molar-refractivity contribution in [3.63, 3.8) is 0 Å². The number of rotatable bonds is 7. The van der Waals surface area contributed by atoms with Crippen LogP contribution in [0.4, 0.5) is 0 Å². The largest absolute Gasteiger partial charge is 0.507 e. The topological polar surface area (TPSA) is 83.2 Å². The number of aryl methyl sites for hydroxylation is 1. The maximum Gasteiger partial charge on any atom is 0.296 e. The smallest absolute Gasteiger partial charge is 0.296 e. The molecule has 3 aromatic rings. The van der Waals surface area contributed by atoms with Crippen molar-refractivity contribution in [2.24, 2.45) is 0 Å². The molecule has 3 heterocycles. The molecule has 2 aromatic carbocycles. The van der Waals surface area contributed by atoms with E-state index in [1.165, 1.54) is 11.8 Å². The number of ketones is 1. The summed E-state index contributed by atoms with van der Waals surface area (Å²) in [4.78, 5) is 30.7. The van der Waals surface area contributed by atoms with E-state index in [9.17, 15) is 14.7 Å². The maximum atomic E-state index is 13.4. The fraction of sp³-hybridized carbons (Fsp3) is 0.333. The zero-order valence-corrected chi connectivity index (χ0v) is 21.2. The number of amides is 1. The lowest BCUT2D eigenvalue weighted by Crippen LogP contribution is -2.46. The molecule has 0 bridgehead atoms. The molecule has 1 N–H and O–H groups in total. The first kappa shape index (κ1) is 24.8. The standard InChI is InChI=1S/C30H32N2O5/c1-3-36-24-12-11-22(18-20(24)2)28(33)26-27(25-10-7-17-37-25)32(30(35)29(26)34)23-13-15-31(16-14-23)19-21-8-5-4-6-9-21/h4-12,17-18,23,27,33H,3,13-16,19H2,1-2H3/b28-26-. The molecular weight excluding hydrogens is 468 g/mol. The number of Topliss-reactive ketones (excluding diaryl/α,β-unsaturated/α-hetero) is 1. The highest BCUT2D eigenvalue weighted by molar-refractivity contribution is 6.46. The van der Waals surface area contributed by atoms with Crippen molar-refractivity contribution < 1.29 is 23.8 Å². The summed E-state index contributed by atoms with van der Waals surface area (Å²) in [6.07, 6.45) is 3.00. The highest BCUT2D eigenvalue weighted by Gasteiger charge is 2.50. The highest BCUT2D eigenvalue weighted by Crippen LogP contribution is 2.42. The molecule has 0 aliphatic carbocycles. The summed E-state index contributed by atoms with van der Waals surface area (Å²) in [6, 6.07) is 18.2. The number of aliphatic hydroxyl groups excluding tert-OH is 1. The fourth-order valence-electron chi connectivity index (χ4n) is 5.42. The number of piperidine rings is 1. The van der Waals surface area contributed by atoms with Gasteiger partial charge < -0.3 is 19.2 Å². The Morgan fingerprint density at radius 3 is 2.46 bits per heavy atom. The zero-order valence-electron chi connectivity index (χ0n) is 21.2. The van der Waals surface area contributed by atoms with Gasteiger partial charge in [-0.15, -0.1) is 0 Å². The predicted molar refractivity (Wildman–Crippen MR) is 140 cm³/mol. The molecule has 192 valence electrons. The lowest BCUT2D eigenvalue weighted by molar-refractivity contribution is -0.142. The third kappa shape index (κ3) is 4.91. The number of carbonyl (C=O) groups excluding carboxylic acids is 2. The average molecular weight is 501 g/mol. The number of furan rings is 1. The lowest BCUT2D eigenvalue weighted by Gasteiger charge is -2.38. The first-order chi connectivity index (χ1) is 18.0. The van der Waals surface area contributed by atoms with Crippen LogP contribution in [-0.2, 0) is 16.1 Å². The van der Waals surface area contributed by atoms with Gasteiger partial charge in [-0.2, -0.15) is 0 Å². The minimum atomic E-state index is -0.771. The molecule has 1 unspecified atom stereocenters. The second kappa shape index (κ2) is 10.6. The number of hydrogen-bond donors (Lipinski definition) is 1. The van der Waals surface area contributed by atoms with E-state index in [4.69, 9.17) is 9.15 Å². The molecule has 0 saturated carbocycles. The van der Waals surface area contributed by atoms with Gasteiger partial charge in [0.2, 0.25) is 0 Å². The molecular formula is C30H32N2O5. The lowest BCUT2D eigenvalue weighted by atomic mass is 9.96. The minimum absolute atomic E-state index is 0.0650. The maximum absolute atomic E-state index is 13.4. The molecule has 5 rings (SSSR count). The third-order valence-electron chi connectivity index (χ3n) is 7.24. The van der Waals surface area contributed by atoms with Crippen molar-refractivity contribution in [3.8, 4) is 5.75 Å². The molecule has 7 heteroatoms. The van der Waals surface area contributed by atoms with Gasteiger partial charge in [-0.3, -0.25) is 14.5 Å². The van der Waals surface area contributed by atoms with Crippen LogP contribution in [0.1, 0.15) is 48.3 Å². The van der Waals surface area contributed by atoms with E-state index < -0.39 is 17.7 Å². The fourth-order valence-corrected chi connectivity index (χ4v) is 5.42. The first-order valence-electron chi connectivity index (χ1n) is 12.8. The van der Waals surface area contributed by atoms with E-state index in [2.05, 4.69) is 17.0 Å². The van der Waals surface area contributed by atoms with Gasteiger partial charge in [0.05, 0.1) is 18.4 Å². The van der Waals surface area contributed by atoms with E-state index in [0.717, 1.165) is 38.0 Å². The minimum Gasteiger partial charge on any atom is -0.507 e. The Morgan fingerprint density at radius 2 is 1.81 bits per heavy atom. The van der Waals surface area contributed by atoms with Crippen molar-refractivity contribution in [2.45, 2.75) is 45.3 Å². The average Bonchev–Trinajstić information content (AvgIpc) is 3.53. The summed E-state index contributed by atoms with van der Waals surface area (Å²) in [5.74, 6) is -0.293.